The van der Waals surface area contributed by atoms with Crippen LogP contribution in [0.15, 0.2) is 18.2 Å². The maximum atomic E-state index is 12.1. The number of rotatable bonds is 3. The lowest BCUT2D eigenvalue weighted by molar-refractivity contribution is 0.0942. The fourth-order valence-corrected chi connectivity index (χ4v) is 2.78. The van der Waals surface area contributed by atoms with Crippen LogP contribution in [0.5, 0.6) is 5.75 Å². The van der Waals surface area contributed by atoms with Crippen molar-refractivity contribution in [1.82, 2.24) is 5.32 Å². The zero-order chi connectivity index (χ0) is 13.8. The fraction of sp³-hybridized carbons (Fsp3) is 0.533. The highest BCUT2D eigenvalue weighted by atomic mass is 35.5. The van der Waals surface area contributed by atoms with Gasteiger partial charge in [0.1, 0.15) is 5.75 Å². The molecule has 2 N–H and O–H groups in total. The average Bonchev–Trinajstić information content (AvgIpc) is 2.41. The molecule has 3 nitrogen and oxygen atoms in total. The zero-order valence-corrected chi connectivity index (χ0v) is 11.9. The van der Waals surface area contributed by atoms with Crippen LogP contribution in [0.1, 0.15) is 41.6 Å². The van der Waals surface area contributed by atoms with Gasteiger partial charge in [0.15, 0.2) is 0 Å². The molecule has 0 aliphatic heterocycles. The number of phenolic OH excluding ortho intramolecular Hbond substituents is 1. The highest BCUT2D eigenvalue weighted by Crippen LogP contribution is 2.27. The SMILES string of the molecule is Cc1c(O)cccc1C(=O)NCC1CCC(Cl)CC1. The van der Waals surface area contributed by atoms with Crippen LogP contribution in [0.4, 0.5) is 0 Å². The molecule has 1 amide bonds. The molecule has 4 heteroatoms. The smallest absolute Gasteiger partial charge is 0.251 e. The molecule has 0 radical (unpaired) electrons. The third kappa shape index (κ3) is 3.63. The van der Waals surface area contributed by atoms with Crippen LogP contribution in [-0.2, 0) is 0 Å². The number of amides is 1. The molecule has 104 valence electrons. The van der Waals surface area contributed by atoms with E-state index >= 15 is 0 Å². The molecule has 1 aromatic carbocycles. The number of hydrogen-bond donors (Lipinski definition) is 2. The lowest BCUT2D eigenvalue weighted by atomic mass is 9.89. The molecule has 0 unspecified atom stereocenters. The van der Waals surface area contributed by atoms with E-state index in [4.69, 9.17) is 11.6 Å². The first kappa shape index (κ1) is 14.2. The van der Waals surface area contributed by atoms with Crippen molar-refractivity contribution in [3.8, 4) is 5.75 Å². The fourth-order valence-electron chi connectivity index (χ4n) is 2.53. The second-order valence-corrected chi connectivity index (χ2v) is 5.89. The number of phenols is 1. The van der Waals surface area contributed by atoms with E-state index in [9.17, 15) is 9.90 Å². The summed E-state index contributed by atoms with van der Waals surface area (Å²) in [5, 5.41) is 12.9. The summed E-state index contributed by atoms with van der Waals surface area (Å²) in [6, 6.07) is 5.02. The summed E-state index contributed by atoms with van der Waals surface area (Å²) in [7, 11) is 0. The van der Waals surface area contributed by atoms with E-state index in [1.54, 1.807) is 25.1 Å². The monoisotopic (exact) mass is 281 g/mol. The standard InChI is InChI=1S/C15H20ClNO2/c1-10-13(3-2-4-14(10)18)15(19)17-9-11-5-7-12(16)8-6-11/h2-4,11-12,18H,5-9H2,1H3,(H,17,19). The van der Waals surface area contributed by atoms with Gasteiger partial charge in [0.25, 0.3) is 5.91 Å². The van der Waals surface area contributed by atoms with Gasteiger partial charge in [-0.25, -0.2) is 0 Å². The van der Waals surface area contributed by atoms with Gasteiger partial charge < -0.3 is 10.4 Å². The average molecular weight is 282 g/mol. The first-order valence-corrected chi connectivity index (χ1v) is 7.22. The number of alkyl halides is 1. The topological polar surface area (TPSA) is 49.3 Å². The van der Waals surface area contributed by atoms with Crippen molar-refractivity contribution in [1.29, 1.82) is 0 Å². The first-order chi connectivity index (χ1) is 9.08. The third-order valence-corrected chi connectivity index (χ3v) is 4.31. The number of halogens is 1. The van der Waals surface area contributed by atoms with Gasteiger partial charge in [-0.05, 0) is 50.7 Å². The minimum atomic E-state index is -0.110. The van der Waals surface area contributed by atoms with Crippen LogP contribution in [-0.4, -0.2) is 22.9 Å². The molecule has 2 rings (SSSR count). The van der Waals surface area contributed by atoms with E-state index < -0.39 is 0 Å². The van der Waals surface area contributed by atoms with Crippen LogP contribution in [0.3, 0.4) is 0 Å². The number of aromatic hydroxyl groups is 1. The van der Waals surface area contributed by atoms with E-state index in [1.165, 1.54) is 0 Å². The Balaban J connectivity index is 1.89. The molecule has 1 fully saturated rings. The van der Waals surface area contributed by atoms with Gasteiger partial charge in [0.05, 0.1) is 0 Å². The summed E-state index contributed by atoms with van der Waals surface area (Å²) in [5.74, 6) is 0.577. The van der Waals surface area contributed by atoms with Crippen LogP contribution in [0.2, 0.25) is 0 Å². The van der Waals surface area contributed by atoms with Crippen molar-refractivity contribution in [3.63, 3.8) is 0 Å². The predicted octanol–water partition coefficient (Wildman–Crippen LogP) is 3.23. The van der Waals surface area contributed by atoms with Gasteiger partial charge in [0, 0.05) is 23.0 Å². The number of carbonyl (C=O) groups excluding carboxylic acids is 1. The molecule has 0 heterocycles. The highest BCUT2D eigenvalue weighted by Gasteiger charge is 2.20. The Morgan fingerprint density at radius 1 is 1.37 bits per heavy atom. The van der Waals surface area contributed by atoms with Gasteiger partial charge >= 0.3 is 0 Å². The molecule has 0 atom stereocenters. The minimum absolute atomic E-state index is 0.110. The van der Waals surface area contributed by atoms with Crippen LogP contribution >= 0.6 is 11.6 Å². The minimum Gasteiger partial charge on any atom is -0.508 e. The van der Waals surface area contributed by atoms with Gasteiger partial charge in [-0.3, -0.25) is 4.79 Å². The van der Waals surface area contributed by atoms with Gasteiger partial charge in [0.2, 0.25) is 0 Å². The lowest BCUT2D eigenvalue weighted by Crippen LogP contribution is -2.31. The van der Waals surface area contributed by atoms with Gasteiger partial charge in [-0.1, -0.05) is 6.07 Å². The highest BCUT2D eigenvalue weighted by molar-refractivity contribution is 6.20. The third-order valence-electron chi connectivity index (χ3n) is 3.88. The lowest BCUT2D eigenvalue weighted by Gasteiger charge is -2.25. The second kappa shape index (κ2) is 6.29. The molecule has 0 aromatic heterocycles. The summed E-state index contributed by atoms with van der Waals surface area (Å²) >= 11 is 6.06. The normalized spacial score (nSPS) is 23.1. The maximum Gasteiger partial charge on any atom is 0.251 e. The van der Waals surface area contributed by atoms with Gasteiger partial charge in [-0.15, -0.1) is 11.6 Å². The Bertz CT molecular complexity index is 453. The molecule has 0 spiro atoms. The number of carbonyl (C=O) groups is 1. The van der Waals surface area contributed by atoms with E-state index in [2.05, 4.69) is 5.32 Å². The molecular formula is C15H20ClNO2. The number of nitrogens with one attached hydrogen (secondary N) is 1. The molecule has 0 saturated heterocycles. The first-order valence-electron chi connectivity index (χ1n) is 6.78. The summed E-state index contributed by atoms with van der Waals surface area (Å²) in [6.45, 7) is 2.44. The summed E-state index contributed by atoms with van der Waals surface area (Å²) < 4.78 is 0. The van der Waals surface area contributed by atoms with Crippen molar-refractivity contribution in [2.75, 3.05) is 6.54 Å². The molecule has 1 saturated carbocycles. The van der Waals surface area contributed by atoms with Crippen molar-refractivity contribution in [3.05, 3.63) is 29.3 Å². The molecule has 19 heavy (non-hydrogen) atoms. The summed E-state index contributed by atoms with van der Waals surface area (Å²) in [6.07, 6.45) is 4.22. The molecule has 0 bridgehead atoms. The maximum absolute atomic E-state index is 12.1. The van der Waals surface area contributed by atoms with E-state index in [-0.39, 0.29) is 11.7 Å². The Morgan fingerprint density at radius 3 is 2.74 bits per heavy atom. The van der Waals surface area contributed by atoms with E-state index in [1.807, 2.05) is 0 Å². The zero-order valence-electron chi connectivity index (χ0n) is 11.2. The molecule has 1 aromatic rings. The van der Waals surface area contributed by atoms with Crippen molar-refractivity contribution in [2.45, 2.75) is 38.0 Å². The Hall–Kier alpha value is -1.22. The summed E-state index contributed by atoms with van der Waals surface area (Å²) in [4.78, 5) is 12.1. The molecular weight excluding hydrogens is 262 g/mol. The second-order valence-electron chi connectivity index (χ2n) is 5.28. The molecule has 1 aliphatic rings. The van der Waals surface area contributed by atoms with Gasteiger partial charge in [-0.2, -0.15) is 0 Å². The van der Waals surface area contributed by atoms with Crippen molar-refractivity contribution < 1.29 is 9.90 Å². The van der Waals surface area contributed by atoms with Crippen molar-refractivity contribution >= 4 is 17.5 Å². The Kier molecular flexibility index (Phi) is 4.70. The van der Waals surface area contributed by atoms with E-state index in [0.29, 0.717) is 29.0 Å². The van der Waals surface area contributed by atoms with Crippen LogP contribution < -0.4 is 5.32 Å². The van der Waals surface area contributed by atoms with Crippen LogP contribution in [0.25, 0.3) is 0 Å². The van der Waals surface area contributed by atoms with Crippen molar-refractivity contribution in [2.24, 2.45) is 5.92 Å². The predicted molar refractivity (Wildman–Crippen MR) is 76.8 cm³/mol. The van der Waals surface area contributed by atoms with Crippen LogP contribution in [0, 0.1) is 12.8 Å². The summed E-state index contributed by atoms with van der Waals surface area (Å²) in [5.41, 5.74) is 1.18. The quantitative estimate of drug-likeness (QED) is 0.836. The number of hydrogen-bond acceptors (Lipinski definition) is 2. The number of benzene rings is 1. The Labute approximate surface area is 119 Å². The largest absolute Gasteiger partial charge is 0.508 e. The molecule has 1 aliphatic carbocycles. The Morgan fingerprint density at radius 2 is 2.05 bits per heavy atom. The van der Waals surface area contributed by atoms with E-state index in [0.717, 1.165) is 25.7 Å².